The zero-order valence-corrected chi connectivity index (χ0v) is 19.8. The maximum atomic E-state index is 13.3. The number of imidazole rings is 1. The van der Waals surface area contributed by atoms with Gasteiger partial charge in [0.1, 0.15) is 0 Å². The average molecular weight is 445 g/mol. The second-order valence-electron chi connectivity index (χ2n) is 9.97. The SMILES string of the molecule is Cc1c(C(=O)NC2CCCCC2)cc(-c2ccc(-n3ccnc3)cc2)n1CC1CCCCC1. The Morgan fingerprint density at radius 2 is 1.70 bits per heavy atom. The molecule has 33 heavy (non-hydrogen) atoms. The second-order valence-corrected chi connectivity index (χ2v) is 9.97. The summed E-state index contributed by atoms with van der Waals surface area (Å²) in [5.41, 5.74) is 5.35. The van der Waals surface area contributed by atoms with Gasteiger partial charge < -0.3 is 14.5 Å². The normalized spacial score (nSPS) is 17.8. The summed E-state index contributed by atoms with van der Waals surface area (Å²) in [6.45, 7) is 3.13. The molecule has 0 bridgehead atoms. The molecule has 2 saturated carbocycles. The lowest BCUT2D eigenvalue weighted by Crippen LogP contribution is -2.36. The molecule has 0 aliphatic heterocycles. The first-order valence-corrected chi connectivity index (χ1v) is 12.8. The molecule has 0 saturated heterocycles. The molecular weight excluding hydrogens is 408 g/mol. The first-order valence-electron chi connectivity index (χ1n) is 12.8. The minimum atomic E-state index is 0.0954. The first-order chi connectivity index (χ1) is 16.2. The van der Waals surface area contributed by atoms with Crippen LogP contribution < -0.4 is 5.32 Å². The van der Waals surface area contributed by atoms with Crippen molar-refractivity contribution in [3.63, 3.8) is 0 Å². The van der Waals surface area contributed by atoms with Crippen molar-refractivity contribution in [2.75, 3.05) is 0 Å². The molecule has 5 rings (SSSR count). The number of rotatable bonds is 6. The van der Waals surface area contributed by atoms with Crippen LogP contribution in [0.25, 0.3) is 16.9 Å². The number of aromatic nitrogens is 3. The van der Waals surface area contributed by atoms with Crippen molar-refractivity contribution in [3.05, 3.63) is 60.3 Å². The van der Waals surface area contributed by atoms with Gasteiger partial charge >= 0.3 is 0 Å². The standard InChI is InChI=1S/C28H36N4O/c1-21-26(28(33)30-24-10-6-3-7-11-24)18-27(32(21)19-22-8-4-2-5-9-22)23-12-14-25(15-13-23)31-17-16-29-20-31/h12-18,20,22,24H,2-11,19H2,1H3,(H,30,33). The Bertz CT molecular complexity index is 1050. The lowest BCUT2D eigenvalue weighted by molar-refractivity contribution is 0.0927. The number of amides is 1. The van der Waals surface area contributed by atoms with Crippen LogP contribution in [0.4, 0.5) is 0 Å². The third-order valence-corrected chi connectivity index (χ3v) is 7.68. The van der Waals surface area contributed by atoms with Crippen molar-refractivity contribution >= 4 is 5.91 Å². The highest BCUT2D eigenvalue weighted by Gasteiger charge is 2.24. The van der Waals surface area contributed by atoms with E-state index in [4.69, 9.17) is 0 Å². The molecule has 0 radical (unpaired) electrons. The molecule has 2 aliphatic rings. The van der Waals surface area contributed by atoms with Crippen LogP contribution in [0.2, 0.25) is 0 Å². The van der Waals surface area contributed by atoms with Gasteiger partial charge in [-0.25, -0.2) is 4.98 Å². The van der Waals surface area contributed by atoms with Crippen molar-refractivity contribution in [2.45, 2.75) is 83.7 Å². The van der Waals surface area contributed by atoms with E-state index in [1.807, 2.05) is 17.1 Å². The third kappa shape index (κ3) is 4.92. The lowest BCUT2D eigenvalue weighted by atomic mass is 9.89. The van der Waals surface area contributed by atoms with Crippen molar-refractivity contribution in [1.29, 1.82) is 0 Å². The molecular formula is C28H36N4O. The van der Waals surface area contributed by atoms with Crippen LogP contribution in [0.3, 0.4) is 0 Å². The predicted octanol–water partition coefficient (Wildman–Crippen LogP) is 6.29. The van der Waals surface area contributed by atoms with Gasteiger partial charge in [-0.2, -0.15) is 0 Å². The molecule has 3 aromatic rings. The molecule has 2 aromatic heterocycles. The largest absolute Gasteiger partial charge is 0.349 e. The number of benzene rings is 1. The topological polar surface area (TPSA) is 51.9 Å². The van der Waals surface area contributed by atoms with E-state index in [9.17, 15) is 4.79 Å². The minimum absolute atomic E-state index is 0.0954. The fourth-order valence-electron chi connectivity index (χ4n) is 5.70. The molecule has 2 aliphatic carbocycles. The Kier molecular flexibility index (Phi) is 6.65. The van der Waals surface area contributed by atoms with E-state index >= 15 is 0 Å². The summed E-state index contributed by atoms with van der Waals surface area (Å²) in [6, 6.07) is 11.1. The van der Waals surface area contributed by atoms with Gasteiger partial charge in [-0.15, -0.1) is 0 Å². The van der Waals surface area contributed by atoms with Crippen molar-refractivity contribution in [2.24, 2.45) is 5.92 Å². The molecule has 0 spiro atoms. The van der Waals surface area contributed by atoms with Crippen LogP contribution in [0.15, 0.2) is 49.1 Å². The summed E-state index contributed by atoms with van der Waals surface area (Å²) in [7, 11) is 0. The number of carbonyl (C=O) groups excluding carboxylic acids is 1. The van der Waals surface area contributed by atoms with Crippen LogP contribution in [0, 0.1) is 12.8 Å². The van der Waals surface area contributed by atoms with Gasteiger partial charge in [-0.1, -0.05) is 50.7 Å². The Morgan fingerprint density at radius 3 is 2.36 bits per heavy atom. The van der Waals surface area contributed by atoms with Gasteiger partial charge in [-0.05, 0) is 62.3 Å². The fourth-order valence-corrected chi connectivity index (χ4v) is 5.70. The van der Waals surface area contributed by atoms with Gasteiger partial charge in [0, 0.05) is 42.1 Å². The van der Waals surface area contributed by atoms with Crippen LogP contribution in [-0.4, -0.2) is 26.1 Å². The second kappa shape index (κ2) is 9.98. The smallest absolute Gasteiger partial charge is 0.253 e. The Labute approximate surface area is 197 Å². The number of nitrogens with one attached hydrogen (secondary N) is 1. The highest BCUT2D eigenvalue weighted by molar-refractivity contribution is 5.97. The number of carbonyl (C=O) groups is 1. The highest BCUT2D eigenvalue weighted by atomic mass is 16.1. The Morgan fingerprint density at radius 1 is 1.00 bits per heavy atom. The molecule has 0 atom stereocenters. The zero-order valence-electron chi connectivity index (χ0n) is 19.8. The molecule has 5 nitrogen and oxygen atoms in total. The van der Waals surface area contributed by atoms with Gasteiger partial charge in [0.2, 0.25) is 0 Å². The molecule has 1 aromatic carbocycles. The van der Waals surface area contributed by atoms with E-state index in [2.05, 4.69) is 52.1 Å². The third-order valence-electron chi connectivity index (χ3n) is 7.68. The van der Waals surface area contributed by atoms with Crippen LogP contribution in [0.5, 0.6) is 0 Å². The van der Waals surface area contributed by atoms with E-state index in [0.717, 1.165) is 47.6 Å². The van der Waals surface area contributed by atoms with Crippen molar-refractivity contribution < 1.29 is 4.79 Å². The van der Waals surface area contributed by atoms with E-state index in [-0.39, 0.29) is 5.91 Å². The number of hydrogen-bond donors (Lipinski definition) is 1. The quantitative estimate of drug-likeness (QED) is 0.486. The monoisotopic (exact) mass is 444 g/mol. The van der Waals surface area contributed by atoms with E-state index in [0.29, 0.717) is 12.0 Å². The van der Waals surface area contributed by atoms with Crippen LogP contribution in [-0.2, 0) is 6.54 Å². The van der Waals surface area contributed by atoms with Gasteiger partial charge in [0.15, 0.2) is 0 Å². The first kappa shape index (κ1) is 22.0. The molecule has 5 heteroatoms. The number of nitrogens with zero attached hydrogens (tertiary/aromatic N) is 3. The predicted molar refractivity (Wildman–Crippen MR) is 133 cm³/mol. The molecule has 0 unspecified atom stereocenters. The molecule has 2 fully saturated rings. The number of hydrogen-bond acceptors (Lipinski definition) is 2. The molecule has 1 N–H and O–H groups in total. The van der Waals surface area contributed by atoms with Crippen molar-refractivity contribution in [1.82, 2.24) is 19.4 Å². The molecule has 1 amide bonds. The zero-order chi connectivity index (χ0) is 22.6. The molecule has 174 valence electrons. The lowest BCUT2D eigenvalue weighted by Gasteiger charge is -2.24. The summed E-state index contributed by atoms with van der Waals surface area (Å²) in [4.78, 5) is 17.5. The molecule has 2 heterocycles. The summed E-state index contributed by atoms with van der Waals surface area (Å²) < 4.78 is 4.43. The van der Waals surface area contributed by atoms with Gasteiger partial charge in [0.25, 0.3) is 5.91 Å². The maximum absolute atomic E-state index is 13.3. The fraction of sp³-hybridized carbons (Fsp3) is 0.500. The van der Waals surface area contributed by atoms with Crippen LogP contribution >= 0.6 is 0 Å². The highest BCUT2D eigenvalue weighted by Crippen LogP contribution is 2.32. The summed E-state index contributed by atoms with van der Waals surface area (Å²) in [5, 5.41) is 3.34. The Balaban J connectivity index is 1.45. The van der Waals surface area contributed by atoms with E-state index < -0.39 is 0 Å². The average Bonchev–Trinajstić information content (AvgIpc) is 3.50. The van der Waals surface area contributed by atoms with Gasteiger partial charge in [-0.3, -0.25) is 4.79 Å². The summed E-state index contributed by atoms with van der Waals surface area (Å²) in [5.74, 6) is 0.793. The maximum Gasteiger partial charge on any atom is 0.253 e. The minimum Gasteiger partial charge on any atom is -0.349 e. The summed E-state index contributed by atoms with van der Waals surface area (Å²) >= 11 is 0. The Hall–Kier alpha value is -2.82. The summed E-state index contributed by atoms with van der Waals surface area (Å²) in [6.07, 6.45) is 18.1. The van der Waals surface area contributed by atoms with Gasteiger partial charge in [0.05, 0.1) is 11.9 Å². The van der Waals surface area contributed by atoms with Crippen LogP contribution in [0.1, 0.15) is 80.3 Å². The van der Waals surface area contributed by atoms with Crippen molar-refractivity contribution in [3.8, 4) is 16.9 Å². The van der Waals surface area contributed by atoms with E-state index in [1.165, 1.54) is 51.4 Å². The van der Waals surface area contributed by atoms with E-state index in [1.54, 1.807) is 6.20 Å².